The monoisotopic (exact) mass is 310 g/mol. The fourth-order valence-corrected chi connectivity index (χ4v) is 1.78. The molecular weight excluding hydrogens is 284 g/mol. The highest BCUT2D eigenvalue weighted by atomic mass is 16.5. The van der Waals surface area contributed by atoms with Gasteiger partial charge in [-0.2, -0.15) is 0 Å². The minimum absolute atomic E-state index is 0.00945. The first-order valence-corrected chi connectivity index (χ1v) is 7.19. The molecule has 22 heavy (non-hydrogen) atoms. The molecule has 0 aliphatic rings. The molecule has 0 unspecified atom stereocenters. The Kier molecular flexibility index (Phi) is 5.83. The van der Waals surface area contributed by atoms with Crippen LogP contribution in [0.15, 0.2) is 18.2 Å². The normalized spacial score (nSPS) is 12.0. The summed E-state index contributed by atoms with van der Waals surface area (Å²) in [6, 6.07) is 5.11. The first kappa shape index (κ1) is 18.3. The fourth-order valence-electron chi connectivity index (χ4n) is 1.78. The predicted molar refractivity (Wildman–Crippen MR) is 84.5 cm³/mol. The van der Waals surface area contributed by atoms with Crippen molar-refractivity contribution in [1.82, 2.24) is 0 Å². The molecule has 0 aromatic heterocycles. The van der Waals surface area contributed by atoms with Gasteiger partial charge in [-0.3, -0.25) is 0 Å². The average molecular weight is 310 g/mol. The number of aliphatic hydroxyl groups excluding tert-OH is 1. The van der Waals surface area contributed by atoms with Crippen LogP contribution in [0.3, 0.4) is 0 Å². The standard InChI is InChI=1S/C17H26O5/c1-16(2,10-18)17(3,4)11-22-15(19)14-12(20-5)8-7-9-13(14)21-6/h7-9,18H,10-11H2,1-6H3. The molecule has 0 atom stereocenters. The summed E-state index contributed by atoms with van der Waals surface area (Å²) in [4.78, 5) is 12.4. The molecule has 1 aromatic rings. The van der Waals surface area contributed by atoms with Crippen molar-refractivity contribution in [2.45, 2.75) is 27.7 Å². The zero-order valence-electron chi connectivity index (χ0n) is 14.2. The van der Waals surface area contributed by atoms with Crippen molar-refractivity contribution in [2.24, 2.45) is 10.8 Å². The molecular formula is C17H26O5. The first-order chi connectivity index (χ1) is 10.2. The third-order valence-corrected chi connectivity index (χ3v) is 4.42. The summed E-state index contributed by atoms with van der Waals surface area (Å²) in [5.41, 5.74) is -0.491. The van der Waals surface area contributed by atoms with E-state index in [2.05, 4.69) is 0 Å². The lowest BCUT2D eigenvalue weighted by molar-refractivity contribution is -0.0237. The molecule has 0 radical (unpaired) electrons. The van der Waals surface area contributed by atoms with E-state index < -0.39 is 5.97 Å². The van der Waals surface area contributed by atoms with E-state index in [1.54, 1.807) is 18.2 Å². The van der Waals surface area contributed by atoms with Gasteiger partial charge in [0.2, 0.25) is 0 Å². The molecule has 0 aliphatic carbocycles. The molecule has 124 valence electrons. The lowest BCUT2D eigenvalue weighted by Crippen LogP contribution is -2.40. The highest BCUT2D eigenvalue weighted by Gasteiger charge is 2.38. The number of esters is 1. The second kappa shape index (κ2) is 7.01. The van der Waals surface area contributed by atoms with Crippen molar-refractivity contribution in [3.05, 3.63) is 23.8 Å². The molecule has 5 nitrogen and oxygen atoms in total. The Morgan fingerprint density at radius 2 is 1.55 bits per heavy atom. The lowest BCUT2D eigenvalue weighted by atomic mass is 9.69. The first-order valence-electron chi connectivity index (χ1n) is 7.19. The van der Waals surface area contributed by atoms with Gasteiger partial charge < -0.3 is 19.3 Å². The van der Waals surface area contributed by atoms with Crippen LogP contribution in [0.2, 0.25) is 0 Å². The van der Waals surface area contributed by atoms with E-state index in [0.717, 1.165) is 0 Å². The van der Waals surface area contributed by atoms with Crippen LogP contribution in [0, 0.1) is 10.8 Å². The molecule has 0 fully saturated rings. The molecule has 0 aliphatic heterocycles. The zero-order valence-corrected chi connectivity index (χ0v) is 14.2. The second-order valence-electron chi connectivity index (χ2n) is 6.54. The van der Waals surface area contributed by atoms with Crippen LogP contribution in [0.4, 0.5) is 0 Å². The molecule has 0 bridgehead atoms. The maximum Gasteiger partial charge on any atom is 0.345 e. The molecule has 1 aromatic carbocycles. The Morgan fingerprint density at radius 1 is 1.05 bits per heavy atom. The maximum absolute atomic E-state index is 12.4. The van der Waals surface area contributed by atoms with E-state index >= 15 is 0 Å². The minimum Gasteiger partial charge on any atom is -0.496 e. The van der Waals surface area contributed by atoms with Crippen LogP contribution in [-0.2, 0) is 4.74 Å². The minimum atomic E-state index is -0.504. The SMILES string of the molecule is COc1cccc(OC)c1C(=O)OCC(C)(C)C(C)(C)CO. The van der Waals surface area contributed by atoms with Crippen LogP contribution in [0.5, 0.6) is 11.5 Å². The van der Waals surface area contributed by atoms with E-state index in [-0.39, 0.29) is 29.6 Å². The average Bonchev–Trinajstić information content (AvgIpc) is 2.51. The zero-order chi connectivity index (χ0) is 17.0. The summed E-state index contributed by atoms with van der Waals surface area (Å²) >= 11 is 0. The number of ether oxygens (including phenoxy) is 3. The number of benzene rings is 1. The number of carbonyl (C=O) groups is 1. The summed E-state index contributed by atoms with van der Waals surface area (Å²) in [6.07, 6.45) is 0. The highest BCUT2D eigenvalue weighted by Crippen LogP contribution is 2.38. The van der Waals surface area contributed by atoms with Gasteiger partial charge in [0.1, 0.15) is 17.1 Å². The smallest absolute Gasteiger partial charge is 0.345 e. The van der Waals surface area contributed by atoms with E-state index in [9.17, 15) is 9.90 Å². The van der Waals surface area contributed by atoms with Crippen molar-refractivity contribution in [3.63, 3.8) is 0 Å². The molecule has 0 saturated heterocycles. The molecule has 0 spiro atoms. The van der Waals surface area contributed by atoms with Crippen LogP contribution in [0.25, 0.3) is 0 Å². The van der Waals surface area contributed by atoms with Crippen molar-refractivity contribution >= 4 is 5.97 Å². The number of carbonyl (C=O) groups excluding carboxylic acids is 1. The number of methoxy groups -OCH3 is 2. The number of hydrogen-bond donors (Lipinski definition) is 1. The van der Waals surface area contributed by atoms with Crippen molar-refractivity contribution in [2.75, 3.05) is 27.4 Å². The molecule has 0 amide bonds. The molecule has 1 N–H and O–H groups in total. The topological polar surface area (TPSA) is 65.0 Å². The lowest BCUT2D eigenvalue weighted by Gasteiger charge is -2.39. The summed E-state index contributed by atoms with van der Waals surface area (Å²) < 4.78 is 15.9. The number of hydrogen-bond acceptors (Lipinski definition) is 5. The summed E-state index contributed by atoms with van der Waals surface area (Å²) in [5, 5.41) is 9.50. The maximum atomic E-state index is 12.4. The Labute approximate surface area is 132 Å². The molecule has 0 heterocycles. The highest BCUT2D eigenvalue weighted by molar-refractivity contribution is 5.95. The molecule has 1 rings (SSSR count). The van der Waals surface area contributed by atoms with Crippen LogP contribution in [0.1, 0.15) is 38.1 Å². The van der Waals surface area contributed by atoms with Gasteiger partial charge in [-0.05, 0) is 17.5 Å². The van der Waals surface area contributed by atoms with Gasteiger partial charge >= 0.3 is 5.97 Å². The Balaban J connectivity index is 2.96. The van der Waals surface area contributed by atoms with Gasteiger partial charge in [-0.15, -0.1) is 0 Å². The van der Waals surface area contributed by atoms with Crippen LogP contribution < -0.4 is 9.47 Å². The van der Waals surface area contributed by atoms with Crippen molar-refractivity contribution in [1.29, 1.82) is 0 Å². The number of aliphatic hydroxyl groups is 1. The molecule has 5 heteroatoms. The number of rotatable bonds is 7. The van der Waals surface area contributed by atoms with E-state index in [0.29, 0.717) is 11.5 Å². The third-order valence-electron chi connectivity index (χ3n) is 4.42. The van der Waals surface area contributed by atoms with Gasteiger partial charge in [-0.25, -0.2) is 4.79 Å². The van der Waals surface area contributed by atoms with E-state index in [4.69, 9.17) is 14.2 Å². The predicted octanol–water partition coefficient (Wildman–Crippen LogP) is 2.91. The summed E-state index contributed by atoms with van der Waals surface area (Å²) in [7, 11) is 2.98. The van der Waals surface area contributed by atoms with E-state index in [1.165, 1.54) is 14.2 Å². The van der Waals surface area contributed by atoms with Gasteiger partial charge in [-0.1, -0.05) is 33.8 Å². The van der Waals surface area contributed by atoms with Gasteiger partial charge in [0, 0.05) is 12.0 Å². The van der Waals surface area contributed by atoms with Crippen LogP contribution in [-0.4, -0.2) is 38.5 Å². The summed E-state index contributed by atoms with van der Waals surface area (Å²) in [6.45, 7) is 7.97. The van der Waals surface area contributed by atoms with Crippen molar-refractivity contribution < 1.29 is 24.1 Å². The Morgan fingerprint density at radius 3 is 1.95 bits per heavy atom. The Bertz CT molecular complexity index is 498. The second-order valence-corrected chi connectivity index (χ2v) is 6.54. The van der Waals surface area contributed by atoms with Gasteiger partial charge in [0.05, 0.1) is 20.8 Å². The van der Waals surface area contributed by atoms with Crippen LogP contribution >= 0.6 is 0 Å². The molecule has 0 saturated carbocycles. The third kappa shape index (κ3) is 3.71. The van der Waals surface area contributed by atoms with Crippen molar-refractivity contribution in [3.8, 4) is 11.5 Å². The summed E-state index contributed by atoms with van der Waals surface area (Å²) in [5.74, 6) is 0.309. The fraction of sp³-hybridized carbons (Fsp3) is 0.588. The quantitative estimate of drug-likeness (QED) is 0.784. The van der Waals surface area contributed by atoms with Gasteiger partial charge in [0.25, 0.3) is 0 Å². The largest absolute Gasteiger partial charge is 0.496 e. The van der Waals surface area contributed by atoms with E-state index in [1.807, 2.05) is 27.7 Å². The Hall–Kier alpha value is -1.75. The van der Waals surface area contributed by atoms with Gasteiger partial charge in [0.15, 0.2) is 0 Å².